The van der Waals surface area contributed by atoms with Crippen molar-refractivity contribution in [1.29, 1.82) is 0 Å². The van der Waals surface area contributed by atoms with E-state index in [1.165, 1.54) is 0 Å². The molecule has 0 aromatic heterocycles. The van der Waals surface area contributed by atoms with Gasteiger partial charge in [-0.15, -0.1) is 0 Å². The number of rotatable bonds is 9. The van der Waals surface area contributed by atoms with Crippen LogP contribution in [0.25, 0.3) is 0 Å². The molecule has 0 saturated carbocycles. The first-order chi connectivity index (χ1) is 7.18. The molecular weight excluding hydrogens is 237 g/mol. The molecule has 0 fully saturated rings. The van der Waals surface area contributed by atoms with E-state index in [-0.39, 0.29) is 6.73 Å². The van der Waals surface area contributed by atoms with E-state index < -0.39 is 7.82 Å². The van der Waals surface area contributed by atoms with Crippen LogP contribution in [0.15, 0.2) is 4.99 Å². The Hall–Kier alpha value is -0.0900. The maximum atomic E-state index is 11.8. The Balaban J connectivity index is 4.13. The van der Waals surface area contributed by atoms with Crippen LogP contribution in [0.5, 0.6) is 0 Å². The molecule has 88 valence electrons. The highest BCUT2D eigenvalue weighted by atomic mass is 32.1. The van der Waals surface area contributed by atoms with Gasteiger partial charge in [-0.25, -0.2) is 9.56 Å². The molecule has 15 heavy (non-hydrogen) atoms. The van der Waals surface area contributed by atoms with Crippen LogP contribution in [-0.4, -0.2) is 25.1 Å². The fraction of sp³-hybridized carbons (Fsp3) is 0.875. The molecule has 0 amide bonds. The fourth-order valence-electron chi connectivity index (χ4n) is 0.644. The number of nitrogens with zero attached hydrogens (tertiary/aromatic N) is 1. The summed E-state index contributed by atoms with van der Waals surface area (Å²) in [5.74, 6) is 0. The van der Waals surface area contributed by atoms with Gasteiger partial charge in [-0.1, -0.05) is 13.8 Å². The minimum Gasteiger partial charge on any atom is -0.287 e. The van der Waals surface area contributed by atoms with Crippen molar-refractivity contribution in [3.05, 3.63) is 0 Å². The van der Waals surface area contributed by atoms with Crippen molar-refractivity contribution >= 4 is 25.2 Å². The van der Waals surface area contributed by atoms with Gasteiger partial charge >= 0.3 is 7.82 Å². The number of aliphatic imine (C=N–C) groups is 1. The van der Waals surface area contributed by atoms with Gasteiger partial charge < -0.3 is 0 Å². The molecule has 0 atom stereocenters. The topological polar surface area (TPSA) is 57.1 Å². The lowest BCUT2D eigenvalue weighted by Crippen LogP contribution is -2.02. The normalized spacial score (nSPS) is 11.1. The van der Waals surface area contributed by atoms with E-state index in [4.69, 9.17) is 13.6 Å². The molecule has 0 radical (unpaired) electrons. The first-order valence-corrected chi connectivity index (χ1v) is 6.62. The van der Waals surface area contributed by atoms with Crippen LogP contribution in [0.3, 0.4) is 0 Å². The zero-order valence-corrected chi connectivity index (χ0v) is 10.7. The molecule has 0 heterocycles. The van der Waals surface area contributed by atoms with Crippen molar-refractivity contribution in [2.45, 2.75) is 26.7 Å². The van der Waals surface area contributed by atoms with E-state index >= 15 is 0 Å². The van der Waals surface area contributed by atoms with Crippen LogP contribution in [0, 0.1) is 0 Å². The Kier molecular flexibility index (Phi) is 9.10. The highest BCUT2D eigenvalue weighted by Crippen LogP contribution is 2.49. The molecule has 0 unspecified atom stereocenters. The number of isothiocyanates is 1. The molecule has 0 spiro atoms. The van der Waals surface area contributed by atoms with Gasteiger partial charge in [-0.2, -0.15) is 0 Å². The average Bonchev–Trinajstić information content (AvgIpc) is 2.24. The van der Waals surface area contributed by atoms with Gasteiger partial charge in [0.25, 0.3) is 0 Å². The lowest BCUT2D eigenvalue weighted by Gasteiger charge is -2.15. The fourth-order valence-corrected chi connectivity index (χ4v) is 1.93. The summed E-state index contributed by atoms with van der Waals surface area (Å²) in [6, 6.07) is 0. The van der Waals surface area contributed by atoms with Crippen LogP contribution >= 0.6 is 20.0 Å². The van der Waals surface area contributed by atoms with E-state index in [0.717, 1.165) is 12.8 Å². The highest BCUT2D eigenvalue weighted by Gasteiger charge is 2.25. The van der Waals surface area contributed by atoms with Gasteiger partial charge in [-0.05, 0) is 25.1 Å². The molecule has 7 heteroatoms. The van der Waals surface area contributed by atoms with Gasteiger partial charge in [0, 0.05) is 0 Å². The summed E-state index contributed by atoms with van der Waals surface area (Å²) < 4.78 is 26.7. The monoisotopic (exact) mass is 253 g/mol. The second-order valence-corrected chi connectivity index (χ2v) is 4.47. The molecule has 0 N–H and O–H groups in total. The first-order valence-electron chi connectivity index (χ1n) is 4.75. The summed E-state index contributed by atoms with van der Waals surface area (Å²) in [5, 5.41) is 2.10. The Bertz CT molecular complexity index is 243. The van der Waals surface area contributed by atoms with Crippen LogP contribution in [0.1, 0.15) is 26.7 Å². The summed E-state index contributed by atoms with van der Waals surface area (Å²) in [5.41, 5.74) is 0. The van der Waals surface area contributed by atoms with Crippen LogP contribution in [0.2, 0.25) is 0 Å². The zero-order chi connectivity index (χ0) is 11.6. The van der Waals surface area contributed by atoms with Crippen LogP contribution in [0.4, 0.5) is 0 Å². The van der Waals surface area contributed by atoms with Gasteiger partial charge in [0.15, 0.2) is 6.73 Å². The summed E-state index contributed by atoms with van der Waals surface area (Å²) in [7, 11) is -3.46. The van der Waals surface area contributed by atoms with E-state index in [1.807, 2.05) is 13.8 Å². The molecule has 0 aliphatic carbocycles. The van der Waals surface area contributed by atoms with Crippen molar-refractivity contribution in [2.24, 2.45) is 4.99 Å². The first kappa shape index (κ1) is 14.9. The number of hydrogen-bond acceptors (Lipinski definition) is 6. The molecule has 0 aliphatic rings. The standard InChI is InChI=1S/C8H16NO4PS/c1-3-5-11-14(10,12-6-4-2)13-7-9-8-15/h3-7H2,1-2H3. The summed E-state index contributed by atoms with van der Waals surface area (Å²) >= 11 is 4.35. The lowest BCUT2D eigenvalue weighted by molar-refractivity contribution is 0.116. The Morgan fingerprint density at radius 1 is 1.20 bits per heavy atom. The lowest BCUT2D eigenvalue weighted by atomic mass is 10.5. The third kappa shape index (κ3) is 7.79. The van der Waals surface area contributed by atoms with Crippen molar-refractivity contribution in [3.8, 4) is 0 Å². The molecular formula is C8H16NO4PS. The predicted molar refractivity (Wildman–Crippen MR) is 61.1 cm³/mol. The van der Waals surface area contributed by atoms with Crippen molar-refractivity contribution in [1.82, 2.24) is 0 Å². The third-order valence-corrected chi connectivity index (χ3v) is 2.81. The quantitative estimate of drug-likeness (QED) is 0.359. The molecule has 0 aromatic rings. The van der Waals surface area contributed by atoms with Crippen molar-refractivity contribution in [3.63, 3.8) is 0 Å². The molecule has 0 saturated heterocycles. The van der Waals surface area contributed by atoms with Gasteiger partial charge in [0.05, 0.1) is 18.4 Å². The van der Waals surface area contributed by atoms with Crippen LogP contribution < -0.4 is 0 Å². The van der Waals surface area contributed by atoms with E-state index in [2.05, 4.69) is 22.4 Å². The second kappa shape index (κ2) is 9.16. The minimum absolute atomic E-state index is 0.159. The SMILES string of the molecule is CCCOP(=O)(OCCC)OCN=C=S. The van der Waals surface area contributed by atoms with Gasteiger partial charge in [0.2, 0.25) is 0 Å². The number of hydrogen-bond donors (Lipinski definition) is 0. The summed E-state index contributed by atoms with van der Waals surface area (Å²) in [4.78, 5) is 3.48. The largest absolute Gasteiger partial charge is 0.476 e. The molecule has 5 nitrogen and oxygen atoms in total. The predicted octanol–water partition coefficient (Wildman–Crippen LogP) is 3.02. The smallest absolute Gasteiger partial charge is 0.287 e. The zero-order valence-electron chi connectivity index (χ0n) is 8.97. The Morgan fingerprint density at radius 3 is 2.13 bits per heavy atom. The molecule has 0 aliphatic heterocycles. The number of phosphoric acid groups is 1. The summed E-state index contributed by atoms with van der Waals surface area (Å²) in [6.07, 6.45) is 1.47. The van der Waals surface area contributed by atoms with Gasteiger partial charge in [-0.3, -0.25) is 13.6 Å². The highest BCUT2D eigenvalue weighted by molar-refractivity contribution is 7.78. The summed E-state index contributed by atoms with van der Waals surface area (Å²) in [6.45, 7) is 4.29. The second-order valence-electron chi connectivity index (χ2n) is 2.62. The number of phosphoric ester groups is 1. The maximum absolute atomic E-state index is 11.8. The van der Waals surface area contributed by atoms with E-state index in [0.29, 0.717) is 13.2 Å². The molecule has 0 rings (SSSR count). The average molecular weight is 253 g/mol. The Labute approximate surface area is 95.4 Å². The number of thiocarbonyl (C=S) groups is 1. The Morgan fingerprint density at radius 2 is 1.73 bits per heavy atom. The minimum atomic E-state index is -3.46. The van der Waals surface area contributed by atoms with E-state index in [9.17, 15) is 4.57 Å². The van der Waals surface area contributed by atoms with Crippen LogP contribution in [-0.2, 0) is 18.1 Å². The third-order valence-electron chi connectivity index (χ3n) is 1.25. The molecule has 0 bridgehead atoms. The van der Waals surface area contributed by atoms with E-state index in [1.54, 1.807) is 0 Å². The maximum Gasteiger partial charge on any atom is 0.476 e. The molecule has 0 aromatic carbocycles. The van der Waals surface area contributed by atoms with Crippen molar-refractivity contribution < 1.29 is 18.1 Å². The van der Waals surface area contributed by atoms with Crippen molar-refractivity contribution in [2.75, 3.05) is 19.9 Å². The van der Waals surface area contributed by atoms with Gasteiger partial charge in [0.1, 0.15) is 0 Å².